The monoisotopic (exact) mass is 266 g/mol. The molecule has 0 aliphatic heterocycles. The predicted molar refractivity (Wildman–Crippen MR) is 81.3 cm³/mol. The number of ether oxygens (including phenoxy) is 1. The van der Waals surface area contributed by atoms with E-state index in [1.165, 1.54) is 5.56 Å². The van der Waals surface area contributed by atoms with Gasteiger partial charge in [-0.05, 0) is 45.1 Å². The van der Waals surface area contributed by atoms with E-state index in [2.05, 4.69) is 55.3 Å². The molecule has 4 heteroatoms. The van der Waals surface area contributed by atoms with Gasteiger partial charge in [0.1, 0.15) is 0 Å². The Balaban J connectivity index is 2.71. The summed E-state index contributed by atoms with van der Waals surface area (Å²) in [4.78, 5) is 2.08. The summed E-state index contributed by atoms with van der Waals surface area (Å²) in [7, 11) is 1.69. The molecule has 18 heavy (non-hydrogen) atoms. The Morgan fingerprint density at radius 1 is 1.39 bits per heavy atom. The zero-order valence-electron chi connectivity index (χ0n) is 11.6. The van der Waals surface area contributed by atoms with Crippen LogP contribution in [0.5, 0.6) is 0 Å². The topological polar surface area (TPSA) is 24.5 Å². The Bertz CT molecular complexity index is 378. The fourth-order valence-electron chi connectivity index (χ4n) is 1.75. The quantitative estimate of drug-likeness (QED) is 0.828. The van der Waals surface area contributed by atoms with Crippen LogP contribution in [-0.2, 0) is 4.74 Å². The van der Waals surface area contributed by atoms with Gasteiger partial charge in [0.2, 0.25) is 0 Å². The Labute approximate surface area is 115 Å². The van der Waals surface area contributed by atoms with Crippen LogP contribution in [0.3, 0.4) is 0 Å². The summed E-state index contributed by atoms with van der Waals surface area (Å²) >= 11 is 5.44. The lowest BCUT2D eigenvalue weighted by molar-refractivity contribution is 0.179. The summed E-state index contributed by atoms with van der Waals surface area (Å²) in [5, 5.41) is 4.02. The molecular formula is C14H22N2OS. The highest BCUT2D eigenvalue weighted by atomic mass is 32.1. The van der Waals surface area contributed by atoms with Crippen LogP contribution >= 0.6 is 12.2 Å². The molecule has 0 saturated heterocycles. The Hall–Kier alpha value is -1.13. The van der Waals surface area contributed by atoms with Crippen LogP contribution in [0.1, 0.15) is 19.4 Å². The van der Waals surface area contributed by atoms with Gasteiger partial charge in [0.25, 0.3) is 0 Å². The highest BCUT2D eigenvalue weighted by Crippen LogP contribution is 2.15. The maximum atomic E-state index is 5.44. The highest BCUT2D eigenvalue weighted by molar-refractivity contribution is 7.80. The van der Waals surface area contributed by atoms with Crippen molar-refractivity contribution in [1.29, 1.82) is 0 Å². The fourth-order valence-corrected chi connectivity index (χ4v) is 2.18. The Morgan fingerprint density at radius 3 is 2.50 bits per heavy atom. The molecule has 1 N–H and O–H groups in total. The van der Waals surface area contributed by atoms with Crippen LogP contribution in [0.4, 0.5) is 5.69 Å². The number of benzene rings is 1. The lowest BCUT2D eigenvalue weighted by Gasteiger charge is -2.26. The number of hydrogen-bond acceptors (Lipinski definition) is 2. The molecule has 0 saturated carbocycles. The molecule has 0 radical (unpaired) electrons. The molecule has 100 valence electrons. The van der Waals surface area contributed by atoms with Gasteiger partial charge in [-0.2, -0.15) is 0 Å². The number of nitrogens with one attached hydrogen (secondary N) is 1. The average molecular weight is 266 g/mol. The first-order valence-electron chi connectivity index (χ1n) is 6.22. The summed E-state index contributed by atoms with van der Waals surface area (Å²) in [6.07, 6.45) is 0. The molecule has 1 rings (SSSR count). The zero-order chi connectivity index (χ0) is 13.5. The standard InChI is InChI=1S/C14H22N2OS/c1-5-16(13-8-6-11(2)7-9-13)14(18)15-12(3)10-17-4/h6-9,12H,5,10H2,1-4H3,(H,15,18). The van der Waals surface area contributed by atoms with Crippen molar-refractivity contribution in [2.24, 2.45) is 0 Å². The van der Waals surface area contributed by atoms with Crippen molar-refractivity contribution in [2.75, 3.05) is 25.2 Å². The average Bonchev–Trinajstić information content (AvgIpc) is 2.32. The van der Waals surface area contributed by atoms with Crippen molar-refractivity contribution < 1.29 is 4.74 Å². The maximum Gasteiger partial charge on any atom is 0.173 e. The number of hydrogen-bond donors (Lipinski definition) is 1. The van der Waals surface area contributed by atoms with Crippen LogP contribution < -0.4 is 10.2 Å². The lowest BCUT2D eigenvalue weighted by atomic mass is 10.2. The van der Waals surface area contributed by atoms with Gasteiger partial charge >= 0.3 is 0 Å². The van der Waals surface area contributed by atoms with Gasteiger partial charge in [-0.1, -0.05) is 17.7 Å². The minimum Gasteiger partial charge on any atom is -0.383 e. The molecule has 0 aromatic heterocycles. The minimum absolute atomic E-state index is 0.210. The van der Waals surface area contributed by atoms with Crippen LogP contribution in [0.2, 0.25) is 0 Å². The normalized spacial score (nSPS) is 12.0. The number of rotatable bonds is 5. The molecule has 1 unspecified atom stereocenters. The van der Waals surface area contributed by atoms with Crippen LogP contribution in [0.15, 0.2) is 24.3 Å². The molecule has 1 atom stereocenters. The first kappa shape index (κ1) is 14.9. The second-order valence-corrected chi connectivity index (χ2v) is 4.77. The largest absolute Gasteiger partial charge is 0.383 e. The van der Waals surface area contributed by atoms with Crippen molar-refractivity contribution in [1.82, 2.24) is 5.32 Å². The van der Waals surface area contributed by atoms with E-state index < -0.39 is 0 Å². The molecule has 0 fully saturated rings. The van der Waals surface area contributed by atoms with Crippen LogP contribution in [0, 0.1) is 6.92 Å². The second-order valence-electron chi connectivity index (χ2n) is 4.39. The Kier molecular flexibility index (Phi) is 6.09. The van der Waals surface area contributed by atoms with Gasteiger partial charge < -0.3 is 15.0 Å². The first-order valence-corrected chi connectivity index (χ1v) is 6.63. The SMILES string of the molecule is CCN(C(=S)NC(C)COC)c1ccc(C)cc1. The minimum atomic E-state index is 0.210. The highest BCUT2D eigenvalue weighted by Gasteiger charge is 2.12. The van der Waals surface area contributed by atoms with Gasteiger partial charge in [-0.3, -0.25) is 0 Å². The Morgan fingerprint density at radius 2 is 2.00 bits per heavy atom. The molecule has 3 nitrogen and oxygen atoms in total. The third kappa shape index (κ3) is 4.27. The molecule has 1 aromatic carbocycles. The number of anilines is 1. The van der Waals surface area contributed by atoms with E-state index in [-0.39, 0.29) is 6.04 Å². The summed E-state index contributed by atoms with van der Waals surface area (Å²) in [6, 6.07) is 8.59. The molecule has 0 spiro atoms. The third-order valence-electron chi connectivity index (χ3n) is 2.69. The fraction of sp³-hybridized carbons (Fsp3) is 0.500. The maximum absolute atomic E-state index is 5.44. The van der Waals surface area contributed by atoms with Gasteiger partial charge in [0, 0.05) is 25.4 Å². The number of aryl methyl sites for hydroxylation is 1. The zero-order valence-corrected chi connectivity index (χ0v) is 12.4. The number of methoxy groups -OCH3 is 1. The van der Waals surface area contributed by atoms with Gasteiger partial charge in [-0.15, -0.1) is 0 Å². The molecular weight excluding hydrogens is 244 g/mol. The number of thiocarbonyl (C=S) groups is 1. The van der Waals surface area contributed by atoms with Gasteiger partial charge in [-0.25, -0.2) is 0 Å². The van der Waals surface area contributed by atoms with Crippen molar-refractivity contribution in [3.8, 4) is 0 Å². The van der Waals surface area contributed by atoms with Gasteiger partial charge in [0.15, 0.2) is 5.11 Å². The van der Waals surface area contributed by atoms with Crippen LogP contribution in [-0.4, -0.2) is 31.4 Å². The molecule has 1 aromatic rings. The smallest absolute Gasteiger partial charge is 0.173 e. The summed E-state index contributed by atoms with van der Waals surface area (Å²) in [5.74, 6) is 0. The van der Waals surface area contributed by atoms with Gasteiger partial charge in [0.05, 0.1) is 6.61 Å². The number of nitrogens with zero attached hydrogens (tertiary/aromatic N) is 1. The summed E-state index contributed by atoms with van der Waals surface area (Å²) in [5.41, 5.74) is 2.37. The molecule has 0 bridgehead atoms. The second kappa shape index (κ2) is 7.34. The molecule has 0 aliphatic carbocycles. The molecule has 0 heterocycles. The van der Waals surface area contributed by atoms with E-state index in [0.29, 0.717) is 6.61 Å². The van der Waals surface area contributed by atoms with E-state index in [0.717, 1.165) is 17.3 Å². The molecule has 0 amide bonds. The van der Waals surface area contributed by atoms with E-state index in [1.54, 1.807) is 7.11 Å². The van der Waals surface area contributed by atoms with E-state index >= 15 is 0 Å². The van der Waals surface area contributed by atoms with Crippen molar-refractivity contribution >= 4 is 23.0 Å². The van der Waals surface area contributed by atoms with Crippen molar-refractivity contribution in [2.45, 2.75) is 26.8 Å². The van der Waals surface area contributed by atoms with Crippen molar-refractivity contribution in [3.05, 3.63) is 29.8 Å². The predicted octanol–water partition coefficient (Wildman–Crippen LogP) is 2.73. The first-order chi connectivity index (χ1) is 8.58. The van der Waals surface area contributed by atoms with Crippen molar-refractivity contribution in [3.63, 3.8) is 0 Å². The third-order valence-corrected chi connectivity index (χ3v) is 3.03. The van der Waals surface area contributed by atoms with E-state index in [9.17, 15) is 0 Å². The molecule has 0 aliphatic rings. The van der Waals surface area contributed by atoms with E-state index in [4.69, 9.17) is 17.0 Å². The summed E-state index contributed by atoms with van der Waals surface area (Å²) < 4.78 is 5.10. The van der Waals surface area contributed by atoms with E-state index in [1.807, 2.05) is 0 Å². The lowest BCUT2D eigenvalue weighted by Crippen LogP contribution is -2.45. The van der Waals surface area contributed by atoms with Crippen LogP contribution in [0.25, 0.3) is 0 Å². The summed E-state index contributed by atoms with van der Waals surface area (Å²) in [6.45, 7) is 7.71.